The third-order valence-electron chi connectivity index (χ3n) is 2.81. The van der Waals surface area contributed by atoms with E-state index in [4.69, 9.17) is 10.2 Å². The van der Waals surface area contributed by atoms with Crippen LogP contribution in [0.25, 0.3) is 11.1 Å². The third-order valence-corrected chi connectivity index (χ3v) is 2.81. The molecule has 2 aromatic heterocycles. The van der Waals surface area contributed by atoms with Crippen LogP contribution in [0.4, 0.5) is 11.7 Å². The lowest BCUT2D eigenvalue weighted by Gasteiger charge is -2.01. The Hall–Kier alpha value is -2.50. The van der Waals surface area contributed by atoms with E-state index in [0.29, 0.717) is 17.3 Å². The molecule has 0 radical (unpaired) electrons. The number of benzene rings is 1. The molecule has 0 amide bonds. The summed E-state index contributed by atoms with van der Waals surface area (Å²) in [5.74, 6) is 0. The number of oxazole rings is 1. The second-order valence-electron chi connectivity index (χ2n) is 4.30. The zero-order valence-electron chi connectivity index (χ0n) is 10.4. The lowest BCUT2D eigenvalue weighted by molar-refractivity contribution is 0.576. The summed E-state index contributed by atoms with van der Waals surface area (Å²) in [4.78, 5) is 4.33. The zero-order chi connectivity index (χ0) is 13.1. The molecule has 19 heavy (non-hydrogen) atoms. The summed E-state index contributed by atoms with van der Waals surface area (Å²) in [6.45, 7) is 1.65. The molecule has 0 spiro atoms. The molecule has 6 heteroatoms. The lowest BCUT2D eigenvalue weighted by atomic mass is 10.3. The number of rotatable bonds is 5. The van der Waals surface area contributed by atoms with E-state index in [0.717, 1.165) is 25.0 Å². The monoisotopic (exact) mass is 257 g/mol. The maximum Gasteiger partial charge on any atom is 0.295 e. The number of fused-ring (bicyclic) bond motifs is 1. The van der Waals surface area contributed by atoms with Crippen LogP contribution >= 0.6 is 0 Å². The van der Waals surface area contributed by atoms with Crippen molar-refractivity contribution >= 4 is 22.8 Å². The lowest BCUT2D eigenvalue weighted by Crippen LogP contribution is -2.07. The topological polar surface area (TPSA) is 81.9 Å². The molecule has 0 saturated heterocycles. The average Bonchev–Trinajstić information content (AvgIpc) is 3.02. The molecule has 6 nitrogen and oxygen atoms in total. The Morgan fingerprint density at radius 1 is 1.37 bits per heavy atom. The van der Waals surface area contributed by atoms with Crippen molar-refractivity contribution in [3.8, 4) is 0 Å². The average molecular weight is 257 g/mol. The van der Waals surface area contributed by atoms with E-state index >= 15 is 0 Å². The molecule has 1 aromatic carbocycles. The van der Waals surface area contributed by atoms with Gasteiger partial charge in [0.1, 0.15) is 5.52 Å². The van der Waals surface area contributed by atoms with E-state index in [9.17, 15) is 0 Å². The summed E-state index contributed by atoms with van der Waals surface area (Å²) in [7, 11) is 0. The predicted molar refractivity (Wildman–Crippen MR) is 73.8 cm³/mol. The van der Waals surface area contributed by atoms with Gasteiger partial charge in [0.05, 0.1) is 0 Å². The first kappa shape index (κ1) is 11.6. The van der Waals surface area contributed by atoms with Crippen molar-refractivity contribution in [2.24, 2.45) is 0 Å². The highest BCUT2D eigenvalue weighted by molar-refractivity contribution is 5.77. The van der Waals surface area contributed by atoms with Crippen LogP contribution in [-0.2, 0) is 6.54 Å². The van der Waals surface area contributed by atoms with E-state index in [1.165, 1.54) is 0 Å². The summed E-state index contributed by atoms with van der Waals surface area (Å²) in [5, 5.41) is 7.30. The molecule has 0 aliphatic rings. The first-order valence-electron chi connectivity index (χ1n) is 6.19. The predicted octanol–water partition coefficient (Wildman–Crippen LogP) is 2.11. The first-order chi connectivity index (χ1) is 9.31. The van der Waals surface area contributed by atoms with Crippen molar-refractivity contribution in [3.63, 3.8) is 0 Å². The number of nitrogens with one attached hydrogen (secondary N) is 1. The smallest absolute Gasteiger partial charge is 0.295 e. The molecular formula is C13H15N5O. The van der Waals surface area contributed by atoms with Gasteiger partial charge in [-0.1, -0.05) is 0 Å². The van der Waals surface area contributed by atoms with Crippen LogP contribution in [0.1, 0.15) is 6.42 Å². The summed E-state index contributed by atoms with van der Waals surface area (Å²) in [6.07, 6.45) is 4.67. The maximum absolute atomic E-state index is 5.69. The minimum Gasteiger partial charge on any atom is -0.423 e. The maximum atomic E-state index is 5.69. The molecule has 0 aliphatic heterocycles. The minimum atomic E-state index is 0.529. The number of aryl methyl sites for hydroxylation is 1. The minimum absolute atomic E-state index is 0.529. The summed E-state index contributed by atoms with van der Waals surface area (Å²) in [6, 6.07) is 7.88. The number of anilines is 2. The van der Waals surface area contributed by atoms with Gasteiger partial charge in [0.25, 0.3) is 6.01 Å². The standard InChI is InChI=1S/C13H15N5O/c14-10-3-4-11-12(9-10)19-13(17-11)15-5-1-7-18-8-2-6-16-18/h2-4,6,8-9H,1,5,7,14H2,(H,15,17). The second kappa shape index (κ2) is 5.01. The molecule has 0 aliphatic carbocycles. The molecule has 3 N–H and O–H groups in total. The number of nitrogen functional groups attached to an aromatic ring is 1. The second-order valence-corrected chi connectivity index (χ2v) is 4.30. The van der Waals surface area contributed by atoms with Crippen LogP contribution in [0.3, 0.4) is 0 Å². The quantitative estimate of drug-likeness (QED) is 0.540. The van der Waals surface area contributed by atoms with Gasteiger partial charge in [0.15, 0.2) is 5.58 Å². The molecule has 0 atom stereocenters. The van der Waals surface area contributed by atoms with Gasteiger partial charge in [-0.05, 0) is 24.6 Å². The fourth-order valence-corrected chi connectivity index (χ4v) is 1.89. The summed E-state index contributed by atoms with van der Waals surface area (Å²) < 4.78 is 7.46. The summed E-state index contributed by atoms with van der Waals surface area (Å²) >= 11 is 0. The molecule has 3 rings (SSSR count). The van der Waals surface area contributed by atoms with Crippen LogP contribution < -0.4 is 11.1 Å². The molecule has 3 aromatic rings. The largest absolute Gasteiger partial charge is 0.423 e. The van der Waals surface area contributed by atoms with Crippen molar-refractivity contribution in [1.29, 1.82) is 0 Å². The van der Waals surface area contributed by atoms with Crippen molar-refractivity contribution in [1.82, 2.24) is 14.8 Å². The highest BCUT2D eigenvalue weighted by Gasteiger charge is 2.04. The van der Waals surface area contributed by atoms with Gasteiger partial charge in [0.2, 0.25) is 0 Å². The van der Waals surface area contributed by atoms with Crippen LogP contribution in [0.2, 0.25) is 0 Å². The van der Waals surface area contributed by atoms with E-state index in [1.54, 1.807) is 12.3 Å². The van der Waals surface area contributed by atoms with Gasteiger partial charge < -0.3 is 15.5 Å². The SMILES string of the molecule is Nc1ccc2nc(NCCCn3cccn3)oc2c1. The van der Waals surface area contributed by atoms with Gasteiger partial charge in [-0.15, -0.1) is 0 Å². The van der Waals surface area contributed by atoms with Crippen molar-refractivity contribution < 1.29 is 4.42 Å². The highest BCUT2D eigenvalue weighted by atomic mass is 16.4. The Labute approximate surface area is 110 Å². The van der Waals surface area contributed by atoms with Gasteiger partial charge in [-0.25, -0.2) is 0 Å². The molecular weight excluding hydrogens is 242 g/mol. The fraction of sp³-hybridized carbons (Fsp3) is 0.231. The van der Waals surface area contributed by atoms with Crippen LogP contribution in [0.15, 0.2) is 41.1 Å². The van der Waals surface area contributed by atoms with E-state index in [-0.39, 0.29) is 0 Å². The first-order valence-corrected chi connectivity index (χ1v) is 6.19. The van der Waals surface area contributed by atoms with E-state index in [1.807, 2.05) is 29.1 Å². The highest BCUT2D eigenvalue weighted by Crippen LogP contribution is 2.20. The van der Waals surface area contributed by atoms with Crippen molar-refractivity contribution in [3.05, 3.63) is 36.7 Å². The third kappa shape index (κ3) is 2.67. The van der Waals surface area contributed by atoms with Crippen LogP contribution in [0, 0.1) is 0 Å². The Morgan fingerprint density at radius 2 is 2.32 bits per heavy atom. The number of nitrogens with two attached hydrogens (primary N) is 1. The van der Waals surface area contributed by atoms with Gasteiger partial charge in [0, 0.05) is 37.2 Å². The van der Waals surface area contributed by atoms with Crippen molar-refractivity contribution in [2.75, 3.05) is 17.6 Å². The number of aromatic nitrogens is 3. The van der Waals surface area contributed by atoms with Crippen LogP contribution in [0.5, 0.6) is 0 Å². The number of hydrogen-bond acceptors (Lipinski definition) is 5. The summed E-state index contributed by atoms with van der Waals surface area (Å²) in [5.41, 5.74) is 7.88. The van der Waals surface area contributed by atoms with Crippen LogP contribution in [-0.4, -0.2) is 21.3 Å². The Bertz CT molecular complexity index is 659. The van der Waals surface area contributed by atoms with Gasteiger partial charge >= 0.3 is 0 Å². The van der Waals surface area contributed by atoms with Crippen molar-refractivity contribution in [2.45, 2.75) is 13.0 Å². The molecule has 0 fully saturated rings. The number of hydrogen-bond donors (Lipinski definition) is 2. The molecule has 0 saturated carbocycles. The molecule has 98 valence electrons. The zero-order valence-corrected chi connectivity index (χ0v) is 10.4. The molecule has 0 bridgehead atoms. The fourth-order valence-electron chi connectivity index (χ4n) is 1.89. The number of nitrogens with zero attached hydrogens (tertiary/aromatic N) is 3. The molecule has 0 unspecified atom stereocenters. The normalized spacial score (nSPS) is 10.9. The van der Waals surface area contributed by atoms with Gasteiger partial charge in [-0.2, -0.15) is 10.1 Å². The Morgan fingerprint density at radius 3 is 3.16 bits per heavy atom. The van der Waals surface area contributed by atoms with Gasteiger partial charge in [-0.3, -0.25) is 4.68 Å². The molecule has 2 heterocycles. The van der Waals surface area contributed by atoms with E-state index < -0.39 is 0 Å². The Balaban J connectivity index is 1.56. The Kier molecular flexibility index (Phi) is 3.06. The van der Waals surface area contributed by atoms with E-state index in [2.05, 4.69) is 15.4 Å².